The zero-order chi connectivity index (χ0) is 15.2. The maximum absolute atomic E-state index is 12.1. The van der Waals surface area contributed by atoms with E-state index < -0.39 is 0 Å². The van der Waals surface area contributed by atoms with E-state index in [4.69, 9.17) is 5.73 Å². The largest absolute Gasteiger partial charge is 0.399 e. The van der Waals surface area contributed by atoms with Crippen molar-refractivity contribution in [3.05, 3.63) is 23.8 Å². The predicted octanol–water partition coefficient (Wildman–Crippen LogP) is 1.91. The molecule has 0 spiro atoms. The number of likely N-dealkylation sites (tertiary alicyclic amines) is 1. The van der Waals surface area contributed by atoms with E-state index in [1.807, 2.05) is 13.0 Å². The fraction of sp³-hybridized carbons (Fsp3) is 0.562. The minimum atomic E-state index is -0.0617. The summed E-state index contributed by atoms with van der Waals surface area (Å²) in [5.74, 6) is -0.0617. The van der Waals surface area contributed by atoms with Crippen LogP contribution in [0.15, 0.2) is 18.2 Å². The van der Waals surface area contributed by atoms with Gasteiger partial charge in [-0.25, -0.2) is 0 Å². The Morgan fingerprint density at radius 2 is 2.10 bits per heavy atom. The number of nitrogens with zero attached hydrogens (tertiary/aromatic N) is 1. The highest BCUT2D eigenvalue weighted by Crippen LogP contribution is 2.21. The summed E-state index contributed by atoms with van der Waals surface area (Å²) in [6, 6.07) is 5.66. The number of hydrogen-bond donors (Lipinski definition) is 3. The fourth-order valence-corrected chi connectivity index (χ4v) is 2.80. The summed E-state index contributed by atoms with van der Waals surface area (Å²) in [4.78, 5) is 14.6. The molecule has 1 heterocycles. The molecule has 1 unspecified atom stereocenters. The van der Waals surface area contributed by atoms with Gasteiger partial charge in [-0.1, -0.05) is 0 Å². The SMILES string of the molecule is CCNC(=O)c1ccc(N)cc1NC(C)CN1CCCC1. The Balaban J connectivity index is 2.06. The van der Waals surface area contributed by atoms with Crippen LogP contribution in [0.25, 0.3) is 0 Å². The molecule has 2 rings (SSSR count). The molecule has 0 saturated carbocycles. The number of rotatable bonds is 6. The topological polar surface area (TPSA) is 70.4 Å². The highest BCUT2D eigenvalue weighted by molar-refractivity contribution is 6.00. The normalized spacial score (nSPS) is 16.7. The van der Waals surface area contributed by atoms with Gasteiger partial charge in [0.2, 0.25) is 0 Å². The van der Waals surface area contributed by atoms with Crippen LogP contribution in [-0.4, -0.2) is 43.0 Å². The second-order valence-corrected chi connectivity index (χ2v) is 5.72. The highest BCUT2D eigenvalue weighted by atomic mass is 16.1. The summed E-state index contributed by atoms with van der Waals surface area (Å²) in [6.45, 7) is 8.01. The van der Waals surface area contributed by atoms with Gasteiger partial charge in [0, 0.05) is 30.5 Å². The highest BCUT2D eigenvalue weighted by Gasteiger charge is 2.17. The van der Waals surface area contributed by atoms with Gasteiger partial charge in [-0.2, -0.15) is 0 Å². The van der Waals surface area contributed by atoms with E-state index in [0.29, 0.717) is 17.8 Å². The maximum atomic E-state index is 12.1. The lowest BCUT2D eigenvalue weighted by molar-refractivity contribution is 0.0956. The van der Waals surface area contributed by atoms with Gasteiger partial charge in [0.1, 0.15) is 0 Å². The van der Waals surface area contributed by atoms with Gasteiger partial charge in [0.05, 0.1) is 5.56 Å². The standard InChI is InChI=1S/C16H26N4O/c1-3-18-16(21)14-7-6-13(17)10-15(14)19-12(2)11-20-8-4-5-9-20/h6-7,10,12,19H,3-5,8-9,11,17H2,1-2H3,(H,18,21). The lowest BCUT2D eigenvalue weighted by atomic mass is 10.1. The minimum Gasteiger partial charge on any atom is -0.399 e. The third kappa shape index (κ3) is 4.36. The molecule has 1 aromatic carbocycles. The summed E-state index contributed by atoms with van der Waals surface area (Å²) < 4.78 is 0. The van der Waals surface area contributed by atoms with Gasteiger partial charge >= 0.3 is 0 Å². The zero-order valence-electron chi connectivity index (χ0n) is 13.0. The summed E-state index contributed by atoms with van der Waals surface area (Å²) >= 11 is 0. The predicted molar refractivity (Wildman–Crippen MR) is 87.6 cm³/mol. The Hall–Kier alpha value is -1.75. The van der Waals surface area contributed by atoms with Crippen molar-refractivity contribution < 1.29 is 4.79 Å². The molecule has 0 radical (unpaired) electrons. The number of amides is 1. The molecular formula is C16H26N4O. The molecule has 1 aliphatic rings. The van der Waals surface area contributed by atoms with Crippen LogP contribution >= 0.6 is 0 Å². The van der Waals surface area contributed by atoms with Crippen LogP contribution in [0.5, 0.6) is 0 Å². The fourth-order valence-electron chi connectivity index (χ4n) is 2.80. The van der Waals surface area contributed by atoms with Gasteiger partial charge in [0.25, 0.3) is 5.91 Å². The van der Waals surface area contributed by atoms with Gasteiger partial charge in [-0.05, 0) is 58.0 Å². The van der Waals surface area contributed by atoms with Gasteiger partial charge < -0.3 is 21.3 Å². The number of hydrogen-bond acceptors (Lipinski definition) is 4. The monoisotopic (exact) mass is 290 g/mol. The number of carbonyl (C=O) groups excluding carboxylic acids is 1. The summed E-state index contributed by atoms with van der Waals surface area (Å²) in [6.07, 6.45) is 2.57. The van der Waals surface area contributed by atoms with Crippen molar-refractivity contribution in [1.29, 1.82) is 0 Å². The van der Waals surface area contributed by atoms with Crippen molar-refractivity contribution in [3.63, 3.8) is 0 Å². The van der Waals surface area contributed by atoms with E-state index >= 15 is 0 Å². The van der Waals surface area contributed by atoms with Crippen LogP contribution in [0.3, 0.4) is 0 Å². The van der Waals surface area contributed by atoms with E-state index in [1.54, 1.807) is 12.1 Å². The van der Waals surface area contributed by atoms with E-state index in [1.165, 1.54) is 25.9 Å². The second kappa shape index (κ2) is 7.31. The van der Waals surface area contributed by atoms with Crippen molar-refractivity contribution in [2.75, 3.05) is 37.2 Å². The molecule has 1 amide bonds. The number of nitrogens with one attached hydrogen (secondary N) is 2. The van der Waals surface area contributed by atoms with Crippen molar-refractivity contribution in [1.82, 2.24) is 10.2 Å². The Kier molecular flexibility index (Phi) is 5.44. The Morgan fingerprint density at radius 1 is 1.38 bits per heavy atom. The summed E-state index contributed by atoms with van der Waals surface area (Å²) in [5.41, 5.74) is 7.99. The Bertz CT molecular complexity index is 483. The van der Waals surface area contributed by atoms with E-state index in [2.05, 4.69) is 22.5 Å². The Morgan fingerprint density at radius 3 is 2.76 bits per heavy atom. The van der Waals surface area contributed by atoms with Gasteiger partial charge in [-0.3, -0.25) is 4.79 Å². The number of anilines is 2. The van der Waals surface area contributed by atoms with Crippen LogP contribution in [0, 0.1) is 0 Å². The first-order valence-electron chi connectivity index (χ1n) is 7.76. The molecule has 116 valence electrons. The first-order valence-corrected chi connectivity index (χ1v) is 7.76. The molecule has 0 aliphatic carbocycles. The van der Waals surface area contributed by atoms with Crippen molar-refractivity contribution in [3.8, 4) is 0 Å². The molecule has 1 aliphatic heterocycles. The first-order chi connectivity index (χ1) is 10.1. The van der Waals surface area contributed by atoms with Crippen LogP contribution in [-0.2, 0) is 0 Å². The molecule has 1 saturated heterocycles. The van der Waals surface area contributed by atoms with Crippen molar-refractivity contribution in [2.45, 2.75) is 32.7 Å². The quantitative estimate of drug-likeness (QED) is 0.700. The molecule has 21 heavy (non-hydrogen) atoms. The van der Waals surface area contributed by atoms with E-state index in [-0.39, 0.29) is 11.9 Å². The number of carbonyl (C=O) groups is 1. The third-order valence-electron chi connectivity index (χ3n) is 3.76. The number of nitrogens with two attached hydrogens (primary N) is 1. The van der Waals surface area contributed by atoms with Crippen LogP contribution < -0.4 is 16.4 Å². The minimum absolute atomic E-state index is 0.0617. The van der Waals surface area contributed by atoms with E-state index in [9.17, 15) is 4.79 Å². The van der Waals surface area contributed by atoms with Crippen LogP contribution in [0.4, 0.5) is 11.4 Å². The number of benzene rings is 1. The maximum Gasteiger partial charge on any atom is 0.253 e. The van der Waals surface area contributed by atoms with Gasteiger partial charge in [-0.15, -0.1) is 0 Å². The summed E-state index contributed by atoms with van der Waals surface area (Å²) in [5, 5.41) is 6.27. The number of nitrogen functional groups attached to an aromatic ring is 1. The van der Waals surface area contributed by atoms with Crippen LogP contribution in [0.1, 0.15) is 37.0 Å². The molecule has 1 atom stereocenters. The molecule has 1 fully saturated rings. The van der Waals surface area contributed by atoms with E-state index in [0.717, 1.165) is 12.2 Å². The molecule has 0 aromatic heterocycles. The first kappa shape index (κ1) is 15.6. The van der Waals surface area contributed by atoms with Gasteiger partial charge in [0.15, 0.2) is 0 Å². The molecule has 1 aromatic rings. The van der Waals surface area contributed by atoms with Crippen molar-refractivity contribution >= 4 is 17.3 Å². The lowest BCUT2D eigenvalue weighted by Gasteiger charge is -2.23. The van der Waals surface area contributed by atoms with Crippen LogP contribution in [0.2, 0.25) is 0 Å². The summed E-state index contributed by atoms with van der Waals surface area (Å²) in [7, 11) is 0. The van der Waals surface area contributed by atoms with Crippen molar-refractivity contribution in [2.24, 2.45) is 0 Å². The average Bonchev–Trinajstić information content (AvgIpc) is 2.91. The smallest absolute Gasteiger partial charge is 0.253 e. The lowest BCUT2D eigenvalue weighted by Crippen LogP contribution is -2.34. The molecule has 0 bridgehead atoms. The third-order valence-corrected chi connectivity index (χ3v) is 3.76. The average molecular weight is 290 g/mol. The molecular weight excluding hydrogens is 264 g/mol. The second-order valence-electron chi connectivity index (χ2n) is 5.72. The molecule has 5 nitrogen and oxygen atoms in total. The zero-order valence-corrected chi connectivity index (χ0v) is 13.0. The molecule has 5 heteroatoms. The molecule has 4 N–H and O–H groups in total. The Labute approximate surface area is 126 Å².